The molecule has 1 atom stereocenters. The van der Waals surface area contributed by atoms with E-state index in [0.717, 1.165) is 31.4 Å². The number of thiazole rings is 1. The Morgan fingerprint density at radius 1 is 1.15 bits per heavy atom. The lowest BCUT2D eigenvalue weighted by Gasteiger charge is -2.28. The molecule has 0 spiro atoms. The smallest absolute Gasteiger partial charge is 0.104 e. The van der Waals surface area contributed by atoms with Crippen molar-refractivity contribution in [1.29, 1.82) is 0 Å². The summed E-state index contributed by atoms with van der Waals surface area (Å²) >= 11 is 1.71. The van der Waals surface area contributed by atoms with Crippen LogP contribution in [0.3, 0.4) is 0 Å². The number of hydrogen-bond acceptors (Lipinski definition) is 4. The zero-order chi connectivity index (χ0) is 18.5. The van der Waals surface area contributed by atoms with Gasteiger partial charge >= 0.3 is 0 Å². The van der Waals surface area contributed by atoms with Crippen molar-refractivity contribution in [3.05, 3.63) is 40.5 Å². The zero-order valence-electron chi connectivity index (χ0n) is 16.3. The van der Waals surface area contributed by atoms with Crippen LogP contribution in [-0.4, -0.2) is 51.5 Å². The van der Waals surface area contributed by atoms with Crippen LogP contribution in [0.15, 0.2) is 28.7 Å². The van der Waals surface area contributed by atoms with Gasteiger partial charge in [0.1, 0.15) is 5.03 Å². The van der Waals surface area contributed by atoms with Crippen molar-refractivity contribution >= 4 is 31.6 Å². The molecule has 1 aliphatic heterocycles. The van der Waals surface area contributed by atoms with E-state index in [1.54, 1.807) is 11.3 Å². The topological polar surface area (TPSA) is 34.0 Å². The van der Waals surface area contributed by atoms with Crippen molar-refractivity contribution in [3.63, 3.8) is 0 Å². The van der Waals surface area contributed by atoms with Crippen molar-refractivity contribution in [1.82, 2.24) is 19.7 Å². The van der Waals surface area contributed by atoms with Gasteiger partial charge in [0.05, 0.1) is 15.7 Å². The Balaban J connectivity index is 1.58. The van der Waals surface area contributed by atoms with Crippen LogP contribution >= 0.6 is 21.4 Å². The van der Waals surface area contributed by atoms with E-state index in [1.807, 2.05) is 5.51 Å². The van der Waals surface area contributed by atoms with Crippen molar-refractivity contribution in [2.45, 2.75) is 30.8 Å². The predicted octanol–water partition coefficient (Wildman–Crippen LogP) is 4.24. The molecule has 26 heavy (non-hydrogen) atoms. The largest absolute Gasteiger partial charge is 0.296 e. The van der Waals surface area contributed by atoms with Gasteiger partial charge in [-0.05, 0) is 49.8 Å². The summed E-state index contributed by atoms with van der Waals surface area (Å²) in [7, 11) is 1.31. The summed E-state index contributed by atoms with van der Waals surface area (Å²) in [6, 6.07) is 7.17. The van der Waals surface area contributed by atoms with Crippen LogP contribution in [0.5, 0.6) is 0 Å². The van der Waals surface area contributed by atoms with Gasteiger partial charge in [-0.25, -0.2) is 15.0 Å². The fourth-order valence-electron chi connectivity index (χ4n) is 3.98. The van der Waals surface area contributed by atoms with E-state index in [9.17, 15) is 0 Å². The van der Waals surface area contributed by atoms with Gasteiger partial charge in [0.25, 0.3) is 0 Å². The molecule has 0 saturated heterocycles. The van der Waals surface area contributed by atoms with Gasteiger partial charge in [-0.15, -0.1) is 11.3 Å². The molecule has 6 heteroatoms. The summed E-state index contributed by atoms with van der Waals surface area (Å²) in [6.07, 6.45) is 9.24. The quantitative estimate of drug-likeness (QED) is 0.673. The Kier molecular flexibility index (Phi) is 4.61. The molecule has 1 unspecified atom stereocenters. The molecule has 1 aromatic carbocycles. The molecule has 0 radical (unpaired) electrons. The lowest BCUT2D eigenvalue weighted by atomic mass is 10.1. The van der Waals surface area contributed by atoms with E-state index in [1.165, 1.54) is 26.5 Å². The van der Waals surface area contributed by atoms with Gasteiger partial charge in [0, 0.05) is 43.9 Å². The first-order chi connectivity index (χ1) is 12.3. The summed E-state index contributed by atoms with van der Waals surface area (Å²) < 4.78 is 3.41. The molecule has 2 aromatic heterocycles. The third-order valence-electron chi connectivity index (χ3n) is 5.49. The van der Waals surface area contributed by atoms with Crippen molar-refractivity contribution < 1.29 is 0 Å². The first-order valence-corrected chi connectivity index (χ1v) is 12.9. The van der Waals surface area contributed by atoms with E-state index in [4.69, 9.17) is 5.10 Å². The molecule has 3 heterocycles. The summed E-state index contributed by atoms with van der Waals surface area (Å²) in [6.45, 7) is 4.51. The third-order valence-corrected chi connectivity index (χ3v) is 7.79. The van der Waals surface area contributed by atoms with Gasteiger partial charge in [-0.3, -0.25) is 9.58 Å². The van der Waals surface area contributed by atoms with Crippen LogP contribution in [-0.2, 0) is 19.9 Å². The number of aryl methyl sites for hydroxylation is 1. The Morgan fingerprint density at radius 2 is 1.92 bits per heavy atom. The maximum absolute atomic E-state index is 4.89. The lowest BCUT2D eigenvalue weighted by molar-refractivity contribution is 0.220. The number of rotatable bonds is 3. The number of nitrogens with zero attached hydrogens (tertiary/aromatic N) is 4. The van der Waals surface area contributed by atoms with Gasteiger partial charge in [-0.1, -0.05) is 6.07 Å². The van der Waals surface area contributed by atoms with Crippen LogP contribution < -0.4 is 0 Å². The molecule has 0 bridgehead atoms. The van der Waals surface area contributed by atoms with E-state index >= 15 is 0 Å². The second-order valence-electron chi connectivity index (χ2n) is 7.98. The third kappa shape index (κ3) is 3.19. The molecule has 1 aliphatic rings. The minimum absolute atomic E-state index is 0.411. The Morgan fingerprint density at radius 3 is 2.69 bits per heavy atom. The fourth-order valence-corrected chi connectivity index (χ4v) is 5.97. The van der Waals surface area contributed by atoms with Crippen molar-refractivity contribution in [2.24, 2.45) is 7.05 Å². The molecule has 4 nitrogen and oxygen atoms in total. The fraction of sp³-hybridized carbons (Fsp3) is 0.500. The minimum Gasteiger partial charge on any atom is -0.296 e. The number of benzene rings is 1. The van der Waals surface area contributed by atoms with Gasteiger partial charge in [-0.2, -0.15) is 5.10 Å². The molecule has 3 aromatic rings. The first kappa shape index (κ1) is 18.0. The second-order valence-corrected chi connectivity index (χ2v) is 12.9. The average Bonchev–Trinajstić information content (AvgIpc) is 3.11. The molecule has 0 N–H and O–H groups in total. The van der Waals surface area contributed by atoms with Crippen molar-refractivity contribution in [2.75, 3.05) is 31.9 Å². The Bertz CT molecular complexity index is 935. The highest BCUT2D eigenvalue weighted by Crippen LogP contribution is 2.47. The Labute approximate surface area is 161 Å². The van der Waals surface area contributed by atoms with Crippen LogP contribution in [0.2, 0.25) is 0 Å². The van der Waals surface area contributed by atoms with Gasteiger partial charge in [0.15, 0.2) is 0 Å². The minimum atomic E-state index is -0.805. The maximum atomic E-state index is 4.89. The van der Waals surface area contributed by atoms with E-state index in [-0.39, 0.29) is 0 Å². The molecule has 0 fully saturated rings. The van der Waals surface area contributed by atoms with Crippen molar-refractivity contribution in [3.8, 4) is 0 Å². The highest BCUT2D eigenvalue weighted by molar-refractivity contribution is 8.32. The number of hydrogen-bond donors (Lipinski definition) is 0. The van der Waals surface area contributed by atoms with Gasteiger partial charge in [0.2, 0.25) is 0 Å². The zero-order valence-corrected chi connectivity index (χ0v) is 18.0. The summed E-state index contributed by atoms with van der Waals surface area (Å²) in [4.78, 5) is 7.11. The standard InChI is InChI=1S/C20H28N4S2/c1-14(15-6-7-19-17(12-15)21-13-25-19)24-10-8-16-18(9-11-24)23(2)22-20(16)26(3,4)5/h6-7,12-14H,8-11H2,1-5H3. The van der Waals surface area contributed by atoms with Crippen LogP contribution in [0, 0.1) is 0 Å². The highest BCUT2D eigenvalue weighted by Gasteiger charge is 2.27. The predicted molar refractivity (Wildman–Crippen MR) is 114 cm³/mol. The normalized spacial score (nSPS) is 17.9. The number of fused-ring (bicyclic) bond motifs is 2. The Hall–Kier alpha value is -1.37. The van der Waals surface area contributed by atoms with Crippen LogP contribution in [0.1, 0.15) is 29.8 Å². The van der Waals surface area contributed by atoms with Crippen LogP contribution in [0.25, 0.3) is 10.2 Å². The summed E-state index contributed by atoms with van der Waals surface area (Å²) in [5, 5.41) is 6.24. The van der Waals surface area contributed by atoms with E-state index < -0.39 is 10.0 Å². The van der Waals surface area contributed by atoms with E-state index in [0.29, 0.717) is 6.04 Å². The highest BCUT2D eigenvalue weighted by atomic mass is 32.3. The second kappa shape index (κ2) is 6.66. The van der Waals surface area contributed by atoms with Crippen LogP contribution in [0.4, 0.5) is 0 Å². The first-order valence-electron chi connectivity index (χ1n) is 9.15. The molecule has 4 rings (SSSR count). The molecule has 0 saturated carbocycles. The molecular formula is C20H28N4S2. The monoisotopic (exact) mass is 388 g/mol. The number of aromatic nitrogens is 3. The lowest BCUT2D eigenvalue weighted by Crippen LogP contribution is -2.30. The molecular weight excluding hydrogens is 360 g/mol. The SMILES string of the molecule is CC(c1ccc2scnc2c1)N1CCc2c(S(C)(C)C)nn(C)c2CC1. The van der Waals surface area contributed by atoms with E-state index in [2.05, 4.69) is 65.5 Å². The molecule has 0 aliphatic carbocycles. The molecule has 0 amide bonds. The summed E-state index contributed by atoms with van der Waals surface area (Å²) in [5.41, 5.74) is 7.38. The molecule has 140 valence electrons. The maximum Gasteiger partial charge on any atom is 0.104 e. The average molecular weight is 389 g/mol. The summed E-state index contributed by atoms with van der Waals surface area (Å²) in [5.74, 6) is 0. The van der Waals surface area contributed by atoms with Gasteiger partial charge < -0.3 is 0 Å².